The maximum absolute atomic E-state index is 9.26. The fraction of sp³-hybridized carbons (Fsp3) is 0. The quantitative estimate of drug-likeness (QED) is 0.513. The van der Waals surface area contributed by atoms with Crippen molar-refractivity contribution in [2.24, 2.45) is 0 Å². The molecule has 0 amide bonds. The summed E-state index contributed by atoms with van der Waals surface area (Å²) >= 11 is 0.971. The Morgan fingerprint density at radius 1 is 0.882 bits per heavy atom. The Morgan fingerprint density at radius 3 is 2.06 bits per heavy atom. The molecular weight excluding hydrogens is 238 g/mol. The van der Waals surface area contributed by atoms with Gasteiger partial charge in [-0.1, -0.05) is 30.3 Å². The highest BCUT2D eigenvalue weighted by molar-refractivity contribution is 7.30. The van der Waals surface area contributed by atoms with Crippen molar-refractivity contribution in [3.05, 3.63) is 36.4 Å². The predicted molar refractivity (Wildman–Crippen MR) is 69.4 cm³/mol. The van der Waals surface area contributed by atoms with E-state index in [4.69, 9.17) is 10.0 Å². The molecule has 17 heavy (non-hydrogen) atoms. The Kier molecular flexibility index (Phi) is 3.66. The van der Waals surface area contributed by atoms with Gasteiger partial charge in [0, 0.05) is 9.55 Å². The number of rotatable bonds is 3. The summed E-state index contributed by atoms with van der Waals surface area (Å²) in [5, 5.41) is 36.7. The topological polar surface area (TPSA) is 80.9 Å². The Morgan fingerprint density at radius 2 is 1.53 bits per heavy atom. The van der Waals surface area contributed by atoms with Crippen LogP contribution < -0.4 is 9.55 Å². The van der Waals surface area contributed by atoms with E-state index in [-0.39, 0.29) is 4.78 Å². The zero-order chi connectivity index (χ0) is 12.4. The van der Waals surface area contributed by atoms with Crippen LogP contribution in [0.25, 0.3) is 11.1 Å². The van der Waals surface area contributed by atoms with Gasteiger partial charge in [0.25, 0.3) is 0 Å². The van der Waals surface area contributed by atoms with Crippen LogP contribution in [-0.4, -0.2) is 34.3 Å². The lowest BCUT2D eigenvalue weighted by molar-refractivity contribution is 0.426. The van der Waals surface area contributed by atoms with Gasteiger partial charge in [-0.15, -0.1) is 0 Å². The highest BCUT2D eigenvalue weighted by Crippen LogP contribution is 2.19. The molecule has 0 bridgehead atoms. The van der Waals surface area contributed by atoms with E-state index >= 15 is 0 Å². The zero-order valence-corrected chi connectivity index (χ0v) is 9.63. The molecule has 0 saturated heterocycles. The molecule has 0 radical (unpaired) electrons. The fourth-order valence-electron chi connectivity index (χ4n) is 1.59. The maximum atomic E-state index is 9.26. The molecule has 1 heterocycles. The van der Waals surface area contributed by atoms with Crippen molar-refractivity contribution in [3.63, 3.8) is 0 Å². The van der Waals surface area contributed by atoms with Crippen LogP contribution in [0.4, 0.5) is 0 Å². The molecule has 4 nitrogen and oxygen atoms in total. The van der Waals surface area contributed by atoms with Gasteiger partial charge in [-0.3, -0.25) is 0 Å². The molecule has 0 aliphatic carbocycles. The minimum absolute atomic E-state index is 0.284. The van der Waals surface area contributed by atoms with Gasteiger partial charge in [-0.05, 0) is 17.2 Å². The summed E-state index contributed by atoms with van der Waals surface area (Å²) in [5.41, 5.74) is 1.41. The highest BCUT2D eigenvalue weighted by Gasteiger charge is 2.24. The molecule has 86 valence electrons. The third-order valence-electron chi connectivity index (χ3n) is 2.35. The average molecular weight is 248 g/mol. The summed E-state index contributed by atoms with van der Waals surface area (Å²) in [5.74, 6) is 0. The normalized spacial score (nSPS) is 10.4. The Balaban J connectivity index is 2.52. The Bertz CT molecular complexity index is 498. The van der Waals surface area contributed by atoms with Crippen molar-refractivity contribution in [3.8, 4) is 11.1 Å². The maximum Gasteiger partial charge on any atom is 0.499 e. The van der Waals surface area contributed by atoms with Gasteiger partial charge in [0.2, 0.25) is 0 Å². The molecule has 0 atom stereocenters. The van der Waals surface area contributed by atoms with E-state index in [1.807, 2.05) is 30.3 Å². The summed E-state index contributed by atoms with van der Waals surface area (Å²) in [6.45, 7) is 0. The van der Waals surface area contributed by atoms with Crippen LogP contribution in [0.5, 0.6) is 0 Å². The van der Waals surface area contributed by atoms with E-state index in [9.17, 15) is 10.0 Å². The van der Waals surface area contributed by atoms with Crippen molar-refractivity contribution in [2.45, 2.75) is 0 Å². The standard InChI is InChI=1S/C10H10B2O4S/c13-11(14)9-6-8(10(17-9)12(15)16)7-4-2-1-3-5-7/h1-6,13-16H. The van der Waals surface area contributed by atoms with Crippen LogP contribution in [0.3, 0.4) is 0 Å². The highest BCUT2D eigenvalue weighted by atomic mass is 32.1. The lowest BCUT2D eigenvalue weighted by Gasteiger charge is -2.01. The van der Waals surface area contributed by atoms with Gasteiger partial charge < -0.3 is 20.1 Å². The second kappa shape index (κ2) is 5.03. The van der Waals surface area contributed by atoms with Gasteiger partial charge in [0.1, 0.15) is 0 Å². The monoisotopic (exact) mass is 248 g/mol. The van der Waals surface area contributed by atoms with E-state index in [1.54, 1.807) is 6.07 Å². The van der Waals surface area contributed by atoms with E-state index in [1.165, 1.54) is 0 Å². The lowest BCUT2D eigenvalue weighted by atomic mass is 9.82. The number of hydrogen-bond donors (Lipinski definition) is 4. The molecule has 0 aliphatic rings. The summed E-state index contributed by atoms with van der Waals surface area (Å²) in [6.07, 6.45) is 0. The predicted octanol–water partition coefficient (Wildman–Crippen LogP) is -1.23. The Hall–Kier alpha value is -1.11. The van der Waals surface area contributed by atoms with Gasteiger partial charge in [0.05, 0.1) is 0 Å². The van der Waals surface area contributed by atoms with Gasteiger partial charge in [-0.2, -0.15) is 11.3 Å². The molecule has 0 fully saturated rings. The first kappa shape index (κ1) is 12.3. The van der Waals surface area contributed by atoms with Crippen LogP contribution in [0.1, 0.15) is 0 Å². The Labute approximate surface area is 103 Å². The van der Waals surface area contributed by atoms with Crippen LogP contribution in [0, 0.1) is 0 Å². The molecule has 0 saturated carbocycles. The minimum atomic E-state index is -1.62. The molecule has 4 N–H and O–H groups in total. The molecule has 2 rings (SSSR count). The average Bonchev–Trinajstić information content (AvgIpc) is 2.75. The molecule has 1 aromatic heterocycles. The molecule has 7 heteroatoms. The van der Waals surface area contributed by atoms with Crippen LogP contribution in [0.15, 0.2) is 36.4 Å². The van der Waals surface area contributed by atoms with Gasteiger partial charge >= 0.3 is 14.2 Å². The van der Waals surface area contributed by atoms with E-state index in [2.05, 4.69) is 0 Å². The van der Waals surface area contributed by atoms with Gasteiger partial charge in [0.15, 0.2) is 0 Å². The smallest absolute Gasteiger partial charge is 0.423 e. The third kappa shape index (κ3) is 2.59. The second-order valence-electron chi connectivity index (χ2n) is 3.54. The van der Waals surface area contributed by atoms with Crippen LogP contribution in [-0.2, 0) is 0 Å². The number of hydrogen-bond acceptors (Lipinski definition) is 5. The van der Waals surface area contributed by atoms with Crippen molar-refractivity contribution in [1.82, 2.24) is 0 Å². The van der Waals surface area contributed by atoms with Crippen molar-refractivity contribution in [1.29, 1.82) is 0 Å². The largest absolute Gasteiger partial charge is 0.499 e. The molecule has 0 spiro atoms. The number of thiophene rings is 1. The molecular formula is C10H10B2O4S. The zero-order valence-electron chi connectivity index (χ0n) is 8.82. The van der Waals surface area contributed by atoms with Crippen molar-refractivity contribution in [2.75, 3.05) is 0 Å². The molecule has 0 unspecified atom stereocenters. The summed E-state index contributed by atoms with van der Waals surface area (Å²) in [4.78, 5) is 0. The third-order valence-corrected chi connectivity index (χ3v) is 3.57. The lowest BCUT2D eigenvalue weighted by Crippen LogP contribution is -2.30. The van der Waals surface area contributed by atoms with Crippen molar-refractivity contribution >= 4 is 35.1 Å². The molecule has 0 aliphatic heterocycles. The van der Waals surface area contributed by atoms with E-state index in [0.717, 1.165) is 16.9 Å². The first-order valence-corrected chi connectivity index (χ1v) is 5.82. The summed E-state index contributed by atoms with van der Waals surface area (Å²) in [7, 11) is -3.22. The summed E-state index contributed by atoms with van der Waals surface area (Å²) in [6, 6.07) is 10.7. The minimum Gasteiger partial charge on any atom is -0.423 e. The van der Waals surface area contributed by atoms with E-state index in [0.29, 0.717) is 10.3 Å². The van der Waals surface area contributed by atoms with Crippen LogP contribution >= 0.6 is 11.3 Å². The molecule has 2 aromatic rings. The van der Waals surface area contributed by atoms with E-state index < -0.39 is 14.2 Å². The first-order valence-electron chi connectivity index (χ1n) is 5.01. The fourth-order valence-corrected chi connectivity index (χ4v) is 2.52. The number of benzene rings is 1. The summed E-state index contributed by atoms with van der Waals surface area (Å²) < 4.78 is 0.589. The SMILES string of the molecule is OB(O)c1cc(-c2ccccc2)c(B(O)O)s1. The first-order chi connectivity index (χ1) is 8.09. The van der Waals surface area contributed by atoms with Crippen molar-refractivity contribution < 1.29 is 20.1 Å². The van der Waals surface area contributed by atoms with Crippen LogP contribution in [0.2, 0.25) is 0 Å². The molecule has 1 aromatic carbocycles. The van der Waals surface area contributed by atoms with Gasteiger partial charge in [-0.25, -0.2) is 0 Å². The second-order valence-corrected chi connectivity index (χ2v) is 4.66.